The van der Waals surface area contributed by atoms with Crippen molar-refractivity contribution < 1.29 is 4.79 Å². The highest BCUT2D eigenvalue weighted by Gasteiger charge is 2.23. The third kappa shape index (κ3) is 2.67. The van der Waals surface area contributed by atoms with Gasteiger partial charge in [0.25, 0.3) is 0 Å². The lowest BCUT2D eigenvalue weighted by molar-refractivity contribution is -0.131. The van der Waals surface area contributed by atoms with Crippen LogP contribution in [-0.2, 0) is 11.2 Å². The quantitative estimate of drug-likeness (QED) is 0.910. The summed E-state index contributed by atoms with van der Waals surface area (Å²) in [5.41, 5.74) is 1.73. The predicted molar refractivity (Wildman–Crippen MR) is 77.6 cm³/mol. The molecule has 2 aromatic heterocycles. The fraction of sp³-hybridized carbons (Fsp3) is 0.467. The zero-order chi connectivity index (χ0) is 13.9. The Hall–Kier alpha value is -1.88. The average molecular weight is 272 g/mol. The van der Waals surface area contributed by atoms with E-state index in [4.69, 9.17) is 0 Å². The summed E-state index contributed by atoms with van der Waals surface area (Å²) >= 11 is 0. The fourth-order valence-corrected chi connectivity index (χ4v) is 2.78. The smallest absolute Gasteiger partial charge is 0.228 e. The second-order valence-corrected chi connectivity index (χ2v) is 5.34. The Kier molecular flexibility index (Phi) is 3.69. The second-order valence-electron chi connectivity index (χ2n) is 5.34. The Labute approximate surface area is 118 Å². The van der Waals surface area contributed by atoms with Gasteiger partial charge in [-0.05, 0) is 32.0 Å². The maximum atomic E-state index is 12.4. The highest BCUT2D eigenvalue weighted by atomic mass is 16.2. The molecule has 0 unspecified atom stereocenters. The molecule has 0 spiro atoms. The third-order valence-electron chi connectivity index (χ3n) is 3.93. The number of carbonyl (C=O) groups excluding carboxylic acids is 1. The summed E-state index contributed by atoms with van der Waals surface area (Å²) in [5, 5.41) is 3.26. The summed E-state index contributed by atoms with van der Waals surface area (Å²) in [4.78, 5) is 18.8. The molecule has 1 atom stereocenters. The zero-order valence-corrected chi connectivity index (χ0v) is 11.7. The van der Waals surface area contributed by atoms with Crippen LogP contribution in [0.5, 0.6) is 0 Å². The van der Waals surface area contributed by atoms with Crippen LogP contribution in [0.2, 0.25) is 0 Å². The van der Waals surface area contributed by atoms with E-state index in [0.29, 0.717) is 12.5 Å². The first-order valence-electron chi connectivity index (χ1n) is 7.14. The van der Waals surface area contributed by atoms with Gasteiger partial charge in [-0.15, -0.1) is 0 Å². The first-order valence-corrected chi connectivity index (χ1v) is 7.14. The number of amides is 1. The first-order chi connectivity index (χ1) is 9.76. The summed E-state index contributed by atoms with van der Waals surface area (Å²) in [5.74, 6) is 0.174. The van der Waals surface area contributed by atoms with Gasteiger partial charge in [-0.3, -0.25) is 4.79 Å². The topological polar surface area (TPSA) is 49.6 Å². The lowest BCUT2D eigenvalue weighted by atomic mass is 10.1. The number of likely N-dealkylation sites (N-methyl/N-ethyl adjacent to an activating group) is 1. The minimum absolute atomic E-state index is 0.174. The number of aromatic nitrogens is 2. The van der Waals surface area contributed by atoms with Crippen molar-refractivity contribution in [3.05, 3.63) is 36.3 Å². The van der Waals surface area contributed by atoms with Crippen LogP contribution in [0.25, 0.3) is 5.65 Å². The molecule has 0 radical (unpaired) electrons. The standard InChI is InChI=1S/C15H20N4O/c1-16-12-5-4-8-19(10-12)15(20)9-13-11-18-7-3-2-6-14(18)17-13/h2-3,6-7,11-12,16H,4-5,8-10H2,1H3/t12-/m0/s1. The van der Waals surface area contributed by atoms with Crippen molar-refractivity contribution in [2.24, 2.45) is 0 Å². The van der Waals surface area contributed by atoms with Crippen LogP contribution in [0, 0.1) is 0 Å². The first kappa shape index (κ1) is 13.1. The van der Waals surface area contributed by atoms with E-state index in [0.717, 1.165) is 37.3 Å². The maximum absolute atomic E-state index is 12.4. The summed E-state index contributed by atoms with van der Waals surface area (Å²) in [6, 6.07) is 6.29. The average Bonchev–Trinajstić information content (AvgIpc) is 2.89. The Morgan fingerprint density at radius 1 is 1.50 bits per heavy atom. The number of carbonyl (C=O) groups is 1. The Morgan fingerprint density at radius 2 is 2.40 bits per heavy atom. The molecule has 5 heteroatoms. The number of rotatable bonds is 3. The largest absolute Gasteiger partial charge is 0.341 e. The minimum atomic E-state index is 0.174. The number of nitrogens with zero attached hydrogens (tertiary/aromatic N) is 3. The molecule has 1 aliphatic heterocycles. The number of nitrogens with one attached hydrogen (secondary N) is 1. The third-order valence-corrected chi connectivity index (χ3v) is 3.93. The van der Waals surface area contributed by atoms with Crippen molar-refractivity contribution in [1.82, 2.24) is 19.6 Å². The van der Waals surface area contributed by atoms with Gasteiger partial charge in [0.2, 0.25) is 5.91 Å². The number of imidazole rings is 1. The van der Waals surface area contributed by atoms with Gasteiger partial charge in [-0.2, -0.15) is 0 Å². The lowest BCUT2D eigenvalue weighted by Crippen LogP contribution is -2.47. The molecule has 20 heavy (non-hydrogen) atoms. The minimum Gasteiger partial charge on any atom is -0.341 e. The van der Waals surface area contributed by atoms with Gasteiger partial charge in [0, 0.05) is 31.5 Å². The molecule has 3 rings (SSSR count). The molecule has 1 aliphatic rings. The number of piperidine rings is 1. The molecule has 1 saturated heterocycles. The van der Waals surface area contributed by atoms with Gasteiger partial charge < -0.3 is 14.6 Å². The number of likely N-dealkylation sites (tertiary alicyclic amines) is 1. The van der Waals surface area contributed by atoms with E-state index in [2.05, 4.69) is 10.3 Å². The van der Waals surface area contributed by atoms with E-state index in [1.165, 1.54) is 0 Å². The SMILES string of the molecule is CN[C@H]1CCCN(C(=O)Cc2cn3ccccc3n2)C1. The van der Waals surface area contributed by atoms with Crippen LogP contribution >= 0.6 is 0 Å². The van der Waals surface area contributed by atoms with E-state index in [1.807, 2.05) is 46.9 Å². The van der Waals surface area contributed by atoms with Crippen molar-refractivity contribution in [2.75, 3.05) is 20.1 Å². The van der Waals surface area contributed by atoms with Gasteiger partial charge in [0.05, 0.1) is 12.1 Å². The molecule has 1 fully saturated rings. The molecule has 5 nitrogen and oxygen atoms in total. The molecule has 0 saturated carbocycles. The van der Waals surface area contributed by atoms with E-state index in [-0.39, 0.29) is 5.91 Å². The summed E-state index contributed by atoms with van der Waals surface area (Å²) in [7, 11) is 1.96. The molecular formula is C15H20N4O. The lowest BCUT2D eigenvalue weighted by Gasteiger charge is -2.32. The molecule has 0 aromatic carbocycles. The van der Waals surface area contributed by atoms with Crippen molar-refractivity contribution >= 4 is 11.6 Å². The van der Waals surface area contributed by atoms with Gasteiger partial charge in [-0.25, -0.2) is 4.98 Å². The monoisotopic (exact) mass is 272 g/mol. The summed E-state index contributed by atoms with van der Waals surface area (Å²) < 4.78 is 1.95. The van der Waals surface area contributed by atoms with Crippen LogP contribution in [0.3, 0.4) is 0 Å². The van der Waals surface area contributed by atoms with Gasteiger partial charge in [0.1, 0.15) is 5.65 Å². The summed E-state index contributed by atoms with van der Waals surface area (Å²) in [6.07, 6.45) is 6.50. The van der Waals surface area contributed by atoms with Crippen molar-refractivity contribution in [1.29, 1.82) is 0 Å². The Balaban J connectivity index is 1.68. The van der Waals surface area contributed by atoms with E-state index < -0.39 is 0 Å². The highest BCUT2D eigenvalue weighted by Crippen LogP contribution is 2.12. The zero-order valence-electron chi connectivity index (χ0n) is 11.7. The van der Waals surface area contributed by atoms with Gasteiger partial charge >= 0.3 is 0 Å². The van der Waals surface area contributed by atoms with Crippen molar-refractivity contribution in [3.8, 4) is 0 Å². The fourth-order valence-electron chi connectivity index (χ4n) is 2.78. The van der Waals surface area contributed by atoms with Crippen LogP contribution in [-0.4, -0.2) is 46.4 Å². The number of hydrogen-bond donors (Lipinski definition) is 1. The molecule has 2 aromatic rings. The number of hydrogen-bond acceptors (Lipinski definition) is 3. The van der Waals surface area contributed by atoms with Crippen molar-refractivity contribution in [3.63, 3.8) is 0 Å². The van der Waals surface area contributed by atoms with Gasteiger partial charge in [0.15, 0.2) is 0 Å². The van der Waals surface area contributed by atoms with Crippen LogP contribution in [0.4, 0.5) is 0 Å². The molecule has 1 amide bonds. The molecule has 106 valence electrons. The molecule has 1 N–H and O–H groups in total. The Bertz CT molecular complexity index is 574. The van der Waals surface area contributed by atoms with Crippen LogP contribution < -0.4 is 5.32 Å². The normalized spacial score (nSPS) is 19.4. The Morgan fingerprint density at radius 3 is 3.20 bits per heavy atom. The highest BCUT2D eigenvalue weighted by molar-refractivity contribution is 5.78. The van der Waals surface area contributed by atoms with Crippen LogP contribution in [0.1, 0.15) is 18.5 Å². The van der Waals surface area contributed by atoms with E-state index in [1.54, 1.807) is 0 Å². The predicted octanol–water partition coefficient (Wildman–Crippen LogP) is 1.09. The van der Waals surface area contributed by atoms with Crippen molar-refractivity contribution in [2.45, 2.75) is 25.3 Å². The molecule has 0 bridgehead atoms. The van der Waals surface area contributed by atoms with Gasteiger partial charge in [-0.1, -0.05) is 6.07 Å². The van der Waals surface area contributed by atoms with E-state index >= 15 is 0 Å². The maximum Gasteiger partial charge on any atom is 0.228 e. The van der Waals surface area contributed by atoms with E-state index in [9.17, 15) is 4.79 Å². The number of pyridine rings is 1. The summed E-state index contributed by atoms with van der Waals surface area (Å²) in [6.45, 7) is 1.67. The molecule has 3 heterocycles. The van der Waals surface area contributed by atoms with Crippen LogP contribution in [0.15, 0.2) is 30.6 Å². The molecular weight excluding hydrogens is 252 g/mol. The second kappa shape index (κ2) is 5.63. The molecule has 0 aliphatic carbocycles. The number of fused-ring (bicyclic) bond motifs is 1.